The zero-order valence-corrected chi connectivity index (χ0v) is 15.6. The Kier molecular flexibility index (Phi) is 7.09. The first kappa shape index (κ1) is 20.6. The van der Waals surface area contributed by atoms with E-state index in [0.717, 1.165) is 0 Å². The van der Waals surface area contributed by atoms with Crippen LogP contribution in [0, 0.1) is 15.9 Å². The van der Waals surface area contributed by atoms with Gasteiger partial charge in [-0.3, -0.25) is 19.8 Å². The molecule has 7 nitrogen and oxygen atoms in total. The van der Waals surface area contributed by atoms with Gasteiger partial charge in [0.2, 0.25) is 5.91 Å². The molecule has 0 aliphatic carbocycles. The Bertz CT molecular complexity index is 847. The van der Waals surface area contributed by atoms with Crippen molar-refractivity contribution in [2.45, 2.75) is 13.5 Å². The number of anilines is 1. The Morgan fingerprint density at radius 2 is 2.07 bits per heavy atom. The first-order valence-corrected chi connectivity index (χ1v) is 8.50. The summed E-state index contributed by atoms with van der Waals surface area (Å²) < 4.78 is 18.7. The van der Waals surface area contributed by atoms with Gasteiger partial charge in [0.15, 0.2) is 11.6 Å². The Labute approximate surface area is 160 Å². The molecule has 0 saturated heterocycles. The van der Waals surface area contributed by atoms with Crippen LogP contribution >= 0.6 is 11.6 Å². The molecule has 1 N–H and O–H groups in total. The van der Waals surface area contributed by atoms with Gasteiger partial charge in [-0.2, -0.15) is 0 Å². The summed E-state index contributed by atoms with van der Waals surface area (Å²) >= 11 is 5.85. The number of likely N-dealkylation sites (N-methyl/N-ethyl adjacent to an activating group) is 1. The van der Waals surface area contributed by atoms with Gasteiger partial charge in [-0.15, -0.1) is 0 Å². The first-order chi connectivity index (χ1) is 12.8. The minimum Gasteiger partial charge on any atom is -0.494 e. The molecule has 0 radical (unpaired) electrons. The number of hydrogen-bond donors (Lipinski definition) is 1. The number of nitro groups is 1. The fraction of sp³-hybridized carbons (Fsp3) is 0.278. The predicted molar refractivity (Wildman–Crippen MR) is 101 cm³/mol. The highest BCUT2D eigenvalue weighted by atomic mass is 35.5. The third-order valence-corrected chi connectivity index (χ3v) is 4.10. The number of amides is 1. The number of hydrogen-bond acceptors (Lipinski definition) is 5. The van der Waals surface area contributed by atoms with Crippen molar-refractivity contribution in [3.05, 3.63) is 62.9 Å². The van der Waals surface area contributed by atoms with Crippen LogP contribution in [-0.2, 0) is 11.3 Å². The van der Waals surface area contributed by atoms with Crippen molar-refractivity contribution in [3.8, 4) is 5.75 Å². The summed E-state index contributed by atoms with van der Waals surface area (Å²) in [6, 6.07) is 8.52. The van der Waals surface area contributed by atoms with Crippen LogP contribution in [0.15, 0.2) is 36.4 Å². The topological polar surface area (TPSA) is 84.7 Å². The summed E-state index contributed by atoms with van der Waals surface area (Å²) in [4.78, 5) is 24.6. The van der Waals surface area contributed by atoms with Crippen molar-refractivity contribution in [3.63, 3.8) is 0 Å². The minimum absolute atomic E-state index is 0.0200. The normalized spacial score (nSPS) is 10.7. The summed E-state index contributed by atoms with van der Waals surface area (Å²) in [5.41, 5.74) is 0.466. The Morgan fingerprint density at radius 1 is 1.33 bits per heavy atom. The number of ether oxygens (including phenoxy) is 1. The molecule has 0 saturated carbocycles. The number of nitrogens with one attached hydrogen (secondary N) is 1. The molecular formula is C18H19ClFN3O4. The van der Waals surface area contributed by atoms with Gasteiger partial charge in [-0.05, 0) is 36.4 Å². The maximum absolute atomic E-state index is 13.8. The molecule has 144 valence electrons. The number of nitro benzene ring substituents is 1. The number of halogens is 2. The molecule has 0 heterocycles. The smallest absolute Gasteiger partial charge is 0.292 e. The van der Waals surface area contributed by atoms with Crippen molar-refractivity contribution in [1.29, 1.82) is 0 Å². The molecule has 0 aromatic heterocycles. The summed E-state index contributed by atoms with van der Waals surface area (Å²) in [5, 5.41) is 13.9. The summed E-state index contributed by atoms with van der Waals surface area (Å²) in [7, 11) is 1.38. The largest absolute Gasteiger partial charge is 0.494 e. The van der Waals surface area contributed by atoms with E-state index in [9.17, 15) is 19.3 Å². The van der Waals surface area contributed by atoms with Crippen LogP contribution in [0.5, 0.6) is 5.75 Å². The molecule has 0 fully saturated rings. The average molecular weight is 396 g/mol. The van der Waals surface area contributed by atoms with Crippen LogP contribution in [0.3, 0.4) is 0 Å². The molecule has 2 aromatic rings. The molecule has 0 unspecified atom stereocenters. The SMILES string of the molecule is CCN(CC(=O)Nc1cc(Cl)ccc1[N+](=O)[O-])Cc1ccc(OC)c(F)c1. The fourth-order valence-corrected chi connectivity index (χ4v) is 2.68. The van der Waals surface area contributed by atoms with Gasteiger partial charge in [-0.1, -0.05) is 24.6 Å². The molecule has 27 heavy (non-hydrogen) atoms. The van der Waals surface area contributed by atoms with Gasteiger partial charge >= 0.3 is 0 Å². The highest BCUT2D eigenvalue weighted by Gasteiger charge is 2.18. The van der Waals surface area contributed by atoms with E-state index in [0.29, 0.717) is 18.7 Å². The lowest BCUT2D eigenvalue weighted by atomic mass is 10.2. The molecule has 0 aliphatic heterocycles. The molecule has 0 spiro atoms. The van der Waals surface area contributed by atoms with Crippen molar-refractivity contribution in [2.24, 2.45) is 0 Å². The van der Waals surface area contributed by atoms with Gasteiger partial charge in [0.05, 0.1) is 18.6 Å². The highest BCUT2D eigenvalue weighted by Crippen LogP contribution is 2.27. The number of methoxy groups -OCH3 is 1. The van der Waals surface area contributed by atoms with E-state index >= 15 is 0 Å². The molecule has 1 amide bonds. The number of carbonyl (C=O) groups is 1. The van der Waals surface area contributed by atoms with Crippen molar-refractivity contribution in [2.75, 3.05) is 25.5 Å². The van der Waals surface area contributed by atoms with Gasteiger partial charge in [0.25, 0.3) is 5.69 Å². The summed E-state index contributed by atoms with van der Waals surface area (Å²) in [5.74, 6) is -0.769. The second-order valence-electron chi connectivity index (χ2n) is 5.74. The lowest BCUT2D eigenvalue weighted by Crippen LogP contribution is -2.33. The predicted octanol–water partition coefficient (Wildman–Crippen LogP) is 3.86. The van der Waals surface area contributed by atoms with Gasteiger partial charge < -0.3 is 10.1 Å². The van der Waals surface area contributed by atoms with Crippen molar-refractivity contribution < 1.29 is 18.8 Å². The van der Waals surface area contributed by atoms with Gasteiger partial charge in [0, 0.05) is 17.6 Å². The Hall–Kier alpha value is -2.71. The second-order valence-corrected chi connectivity index (χ2v) is 6.18. The monoisotopic (exact) mass is 395 g/mol. The highest BCUT2D eigenvalue weighted by molar-refractivity contribution is 6.31. The standard InChI is InChI=1S/C18H19ClFN3O4/c1-3-22(10-12-4-7-17(27-2)14(20)8-12)11-18(24)21-15-9-13(19)5-6-16(15)23(25)26/h4-9H,3,10-11H2,1-2H3,(H,21,24). The van der Waals surface area contributed by atoms with Gasteiger partial charge in [-0.25, -0.2) is 4.39 Å². The van der Waals surface area contributed by atoms with Crippen molar-refractivity contribution >= 4 is 28.9 Å². The number of rotatable bonds is 8. The van der Waals surface area contributed by atoms with Gasteiger partial charge in [0.1, 0.15) is 5.69 Å². The number of nitrogens with zero attached hydrogens (tertiary/aromatic N) is 2. The fourth-order valence-electron chi connectivity index (χ4n) is 2.51. The molecule has 0 bridgehead atoms. The number of benzene rings is 2. The molecule has 0 atom stereocenters. The Morgan fingerprint density at radius 3 is 2.67 bits per heavy atom. The van der Waals surface area contributed by atoms with Crippen LogP contribution in [0.1, 0.15) is 12.5 Å². The molecule has 0 aliphatic rings. The number of carbonyl (C=O) groups excluding carboxylic acids is 1. The third kappa shape index (κ3) is 5.63. The minimum atomic E-state index is -0.594. The van der Waals surface area contributed by atoms with E-state index < -0.39 is 16.6 Å². The molecule has 2 rings (SSSR count). The molecule has 9 heteroatoms. The van der Waals surface area contributed by atoms with Crippen molar-refractivity contribution in [1.82, 2.24) is 4.90 Å². The zero-order chi connectivity index (χ0) is 20.0. The van der Waals surface area contributed by atoms with E-state index in [1.54, 1.807) is 11.0 Å². The molecular weight excluding hydrogens is 377 g/mol. The van der Waals surface area contributed by atoms with Crippen LogP contribution in [-0.4, -0.2) is 35.9 Å². The van der Waals surface area contributed by atoms with E-state index in [4.69, 9.17) is 16.3 Å². The van der Waals surface area contributed by atoms with E-state index in [1.807, 2.05) is 6.92 Å². The first-order valence-electron chi connectivity index (χ1n) is 8.12. The van der Waals surface area contributed by atoms with Crippen LogP contribution < -0.4 is 10.1 Å². The summed E-state index contributed by atoms with van der Waals surface area (Å²) in [6.45, 7) is 2.70. The Balaban J connectivity index is 2.06. The lowest BCUT2D eigenvalue weighted by molar-refractivity contribution is -0.383. The quantitative estimate of drug-likeness (QED) is 0.542. The van der Waals surface area contributed by atoms with E-state index in [-0.39, 0.29) is 28.7 Å². The average Bonchev–Trinajstić information content (AvgIpc) is 2.61. The maximum atomic E-state index is 13.8. The second kappa shape index (κ2) is 9.29. The maximum Gasteiger partial charge on any atom is 0.292 e. The van der Waals surface area contributed by atoms with Crippen LogP contribution in [0.4, 0.5) is 15.8 Å². The summed E-state index contributed by atoms with van der Waals surface area (Å²) in [6.07, 6.45) is 0. The lowest BCUT2D eigenvalue weighted by Gasteiger charge is -2.20. The van der Waals surface area contributed by atoms with E-state index in [2.05, 4.69) is 5.32 Å². The third-order valence-electron chi connectivity index (χ3n) is 3.87. The van der Waals surface area contributed by atoms with E-state index in [1.165, 1.54) is 37.4 Å². The zero-order valence-electron chi connectivity index (χ0n) is 14.9. The van der Waals surface area contributed by atoms with Crippen LogP contribution in [0.2, 0.25) is 5.02 Å². The molecule has 2 aromatic carbocycles. The van der Waals surface area contributed by atoms with Crippen LogP contribution in [0.25, 0.3) is 0 Å².